The molecular formula is C24H35NO4. The molecular weight excluding hydrogens is 366 g/mol. The first kappa shape index (κ1) is 20.5. The van der Waals surface area contributed by atoms with Gasteiger partial charge in [-0.25, -0.2) is 0 Å². The molecule has 29 heavy (non-hydrogen) atoms. The van der Waals surface area contributed by atoms with Crippen molar-refractivity contribution in [2.24, 2.45) is 17.8 Å². The van der Waals surface area contributed by atoms with Crippen LogP contribution in [0.15, 0.2) is 0 Å². The van der Waals surface area contributed by atoms with Crippen LogP contribution >= 0.6 is 0 Å². The number of phenolic OH excluding ortho intramolecular Hbond substituents is 1. The summed E-state index contributed by atoms with van der Waals surface area (Å²) < 4.78 is 5.66. The van der Waals surface area contributed by atoms with Crippen LogP contribution in [-0.2, 0) is 11.2 Å². The predicted molar refractivity (Wildman–Crippen MR) is 108 cm³/mol. The number of hydrogen-bond donors (Lipinski definition) is 2. The van der Waals surface area contributed by atoms with Crippen LogP contribution in [0.25, 0.3) is 0 Å². The first-order valence-electron chi connectivity index (χ1n) is 11.1. The molecule has 1 unspecified atom stereocenters. The van der Waals surface area contributed by atoms with Crippen LogP contribution in [0, 0.1) is 38.5 Å². The Labute approximate surface area is 173 Å². The summed E-state index contributed by atoms with van der Waals surface area (Å²) >= 11 is 0. The van der Waals surface area contributed by atoms with Crippen molar-refractivity contribution in [2.45, 2.75) is 90.2 Å². The van der Waals surface area contributed by atoms with Crippen LogP contribution in [0.2, 0.25) is 0 Å². The summed E-state index contributed by atoms with van der Waals surface area (Å²) in [7, 11) is 0. The highest BCUT2D eigenvalue weighted by atomic mass is 16.5. The molecule has 4 saturated carbocycles. The first-order valence-corrected chi connectivity index (χ1v) is 11.1. The lowest BCUT2D eigenvalue weighted by Crippen LogP contribution is -2.77. The SMILES string of the molecule is Cc1c(C)c2c(c(C)c1O)CCC(C)(C(=O)[O-])O2.[NH3+]C12CC3CC(CC(C3)C1)C2. The average Bonchev–Trinajstić information content (AvgIpc) is 2.63. The second kappa shape index (κ2) is 6.90. The molecule has 5 nitrogen and oxygen atoms in total. The molecule has 4 fully saturated rings. The zero-order chi connectivity index (χ0) is 21.1. The maximum atomic E-state index is 11.1. The van der Waals surface area contributed by atoms with E-state index in [2.05, 4.69) is 5.73 Å². The monoisotopic (exact) mass is 401 g/mol. The van der Waals surface area contributed by atoms with Gasteiger partial charge in [0.05, 0.1) is 11.5 Å². The van der Waals surface area contributed by atoms with Gasteiger partial charge in [-0.3, -0.25) is 0 Å². The lowest BCUT2D eigenvalue weighted by Gasteiger charge is -2.52. The van der Waals surface area contributed by atoms with Crippen molar-refractivity contribution < 1.29 is 25.5 Å². The fraction of sp³-hybridized carbons (Fsp3) is 0.708. The Balaban J connectivity index is 0.000000157. The number of fused-ring (bicyclic) bond motifs is 1. The standard InChI is InChI=1S/C14H18O4.C10H17N/c1-7-8(2)12-10(9(3)11(7)15)5-6-14(4,18-12)13(16)17;11-10-4-7-1-8(5-10)3-9(2-7)6-10/h15H,5-6H2,1-4H3,(H,16,17);7-9H,1-6,11H2. The van der Waals surface area contributed by atoms with Crippen LogP contribution in [0.4, 0.5) is 0 Å². The quantitative estimate of drug-likeness (QED) is 0.755. The maximum absolute atomic E-state index is 11.1. The number of carboxylic acids is 1. The lowest BCUT2D eigenvalue weighted by molar-refractivity contribution is -0.504. The van der Waals surface area contributed by atoms with E-state index in [0.29, 0.717) is 24.1 Å². The third-order valence-electron chi connectivity index (χ3n) is 8.12. The van der Waals surface area contributed by atoms with Gasteiger partial charge in [0.15, 0.2) is 0 Å². The van der Waals surface area contributed by atoms with Gasteiger partial charge in [-0.2, -0.15) is 0 Å². The lowest BCUT2D eigenvalue weighted by atomic mass is 9.53. The highest BCUT2D eigenvalue weighted by Gasteiger charge is 2.51. The molecule has 160 valence electrons. The molecule has 0 amide bonds. The molecule has 0 spiro atoms. The Kier molecular flexibility index (Phi) is 4.88. The summed E-state index contributed by atoms with van der Waals surface area (Å²) in [5.41, 5.74) is 6.89. The molecule has 4 bridgehead atoms. The van der Waals surface area contributed by atoms with Gasteiger partial charge >= 0.3 is 0 Å². The molecule has 4 N–H and O–H groups in total. The normalized spacial score (nSPS) is 36.7. The fourth-order valence-corrected chi connectivity index (χ4v) is 6.68. The van der Waals surface area contributed by atoms with E-state index in [4.69, 9.17) is 4.74 Å². The summed E-state index contributed by atoms with van der Waals surface area (Å²) in [5.74, 6) is 2.90. The van der Waals surface area contributed by atoms with Gasteiger partial charge in [-0.05, 0) is 94.2 Å². The summed E-state index contributed by atoms with van der Waals surface area (Å²) in [4.78, 5) is 11.1. The Hall–Kier alpha value is -1.75. The number of ether oxygens (including phenoxy) is 1. The number of carbonyl (C=O) groups excluding carboxylic acids is 1. The highest BCUT2D eigenvalue weighted by molar-refractivity contribution is 5.76. The fourth-order valence-electron chi connectivity index (χ4n) is 6.68. The summed E-state index contributed by atoms with van der Waals surface area (Å²) in [5, 5.41) is 21.1. The van der Waals surface area contributed by atoms with Crippen molar-refractivity contribution in [1.29, 1.82) is 0 Å². The number of aromatic hydroxyl groups is 1. The number of phenols is 1. The van der Waals surface area contributed by atoms with E-state index < -0.39 is 11.6 Å². The van der Waals surface area contributed by atoms with Crippen LogP contribution in [0.5, 0.6) is 11.5 Å². The number of hydrogen-bond acceptors (Lipinski definition) is 4. The van der Waals surface area contributed by atoms with E-state index in [1.165, 1.54) is 26.2 Å². The van der Waals surface area contributed by atoms with Crippen LogP contribution < -0.4 is 15.6 Å². The molecule has 1 aromatic carbocycles. The molecule has 1 aromatic rings. The molecule has 4 aliphatic carbocycles. The number of aliphatic carboxylic acids is 1. The smallest absolute Gasteiger partial charge is 0.146 e. The van der Waals surface area contributed by atoms with Crippen molar-refractivity contribution in [1.82, 2.24) is 0 Å². The Bertz CT molecular complexity index is 811. The summed E-state index contributed by atoms with van der Waals surface area (Å²) in [6.07, 6.45) is 9.95. The summed E-state index contributed by atoms with van der Waals surface area (Å²) in [6, 6.07) is 0. The predicted octanol–water partition coefficient (Wildman–Crippen LogP) is 2.35. The van der Waals surface area contributed by atoms with Crippen LogP contribution in [-0.4, -0.2) is 22.2 Å². The average molecular weight is 402 g/mol. The van der Waals surface area contributed by atoms with E-state index in [0.717, 1.165) is 40.0 Å². The van der Waals surface area contributed by atoms with Crippen molar-refractivity contribution in [3.8, 4) is 11.5 Å². The second-order valence-electron chi connectivity index (χ2n) is 10.6. The molecule has 1 heterocycles. The third kappa shape index (κ3) is 3.52. The zero-order valence-electron chi connectivity index (χ0n) is 18.3. The Morgan fingerprint density at radius 3 is 2.00 bits per heavy atom. The van der Waals surface area contributed by atoms with Gasteiger partial charge in [0.1, 0.15) is 17.1 Å². The summed E-state index contributed by atoms with van der Waals surface area (Å²) in [6.45, 7) is 6.98. The largest absolute Gasteiger partial charge is 0.546 e. The number of carboxylic acid groups (broad SMARTS) is 1. The van der Waals surface area contributed by atoms with Gasteiger partial charge in [0.25, 0.3) is 0 Å². The van der Waals surface area contributed by atoms with E-state index in [-0.39, 0.29) is 5.75 Å². The topological polar surface area (TPSA) is 97.2 Å². The van der Waals surface area contributed by atoms with Crippen molar-refractivity contribution in [3.05, 3.63) is 22.3 Å². The van der Waals surface area contributed by atoms with Gasteiger partial charge in [-0.1, -0.05) is 0 Å². The zero-order valence-corrected chi connectivity index (χ0v) is 18.3. The van der Waals surface area contributed by atoms with E-state index in [9.17, 15) is 15.0 Å². The minimum Gasteiger partial charge on any atom is -0.546 e. The second-order valence-corrected chi connectivity index (χ2v) is 10.6. The van der Waals surface area contributed by atoms with Crippen LogP contribution in [0.3, 0.4) is 0 Å². The van der Waals surface area contributed by atoms with Crippen molar-refractivity contribution in [2.75, 3.05) is 0 Å². The van der Waals surface area contributed by atoms with Gasteiger partial charge in [0.2, 0.25) is 0 Å². The first-order chi connectivity index (χ1) is 13.5. The highest BCUT2D eigenvalue weighted by Crippen LogP contribution is 2.53. The Morgan fingerprint density at radius 2 is 1.55 bits per heavy atom. The van der Waals surface area contributed by atoms with Crippen molar-refractivity contribution >= 4 is 5.97 Å². The molecule has 0 saturated heterocycles. The van der Waals surface area contributed by atoms with Crippen molar-refractivity contribution in [3.63, 3.8) is 0 Å². The van der Waals surface area contributed by atoms with E-state index >= 15 is 0 Å². The van der Waals surface area contributed by atoms with Gasteiger partial charge in [-0.15, -0.1) is 0 Å². The molecule has 1 aliphatic heterocycles. The Morgan fingerprint density at radius 1 is 1.03 bits per heavy atom. The molecule has 6 rings (SSSR count). The molecule has 5 aliphatic rings. The van der Waals surface area contributed by atoms with Gasteiger partial charge < -0.3 is 25.5 Å². The minimum atomic E-state index is -1.28. The number of rotatable bonds is 1. The van der Waals surface area contributed by atoms with E-state index in [1.54, 1.807) is 26.2 Å². The van der Waals surface area contributed by atoms with E-state index in [1.807, 2.05) is 13.8 Å². The molecule has 0 aromatic heterocycles. The third-order valence-corrected chi connectivity index (χ3v) is 8.12. The van der Waals surface area contributed by atoms with Gasteiger partial charge in [0, 0.05) is 24.8 Å². The minimum absolute atomic E-state index is 0.270. The maximum Gasteiger partial charge on any atom is 0.146 e. The number of carbonyl (C=O) groups is 1. The molecule has 5 heteroatoms. The molecule has 1 atom stereocenters. The van der Waals surface area contributed by atoms with Crippen LogP contribution in [0.1, 0.15) is 74.1 Å². The number of quaternary nitrogens is 1. The molecule has 0 radical (unpaired) electrons. The number of benzene rings is 1.